The van der Waals surface area contributed by atoms with Crippen LogP contribution in [0.25, 0.3) is 10.9 Å². The number of aromatic amines is 1. The van der Waals surface area contributed by atoms with Crippen LogP contribution in [0.1, 0.15) is 68.0 Å². The van der Waals surface area contributed by atoms with Crippen molar-refractivity contribution in [2.24, 2.45) is 17.6 Å². The number of fused-ring (bicyclic) bond motifs is 1. The van der Waals surface area contributed by atoms with Crippen molar-refractivity contribution in [2.45, 2.75) is 64.1 Å². The van der Waals surface area contributed by atoms with Gasteiger partial charge in [0, 0.05) is 29.7 Å². The molecular formula is C27H33N5O8. The first-order valence-electron chi connectivity index (χ1n) is 13.1. The van der Waals surface area contributed by atoms with E-state index in [1.807, 2.05) is 13.8 Å². The van der Waals surface area contributed by atoms with Crippen LogP contribution in [0.15, 0.2) is 24.3 Å². The third-order valence-electron chi connectivity index (χ3n) is 7.04. The molecular weight excluding hydrogens is 522 g/mol. The lowest BCUT2D eigenvalue weighted by atomic mass is 9.93. The van der Waals surface area contributed by atoms with E-state index in [9.17, 15) is 28.8 Å². The number of esters is 1. The molecule has 1 aromatic heterocycles. The summed E-state index contributed by atoms with van der Waals surface area (Å²) in [6.07, 6.45) is 0.842. The fourth-order valence-corrected chi connectivity index (χ4v) is 4.96. The second-order valence-electron chi connectivity index (χ2n) is 10.5. The first-order valence-corrected chi connectivity index (χ1v) is 13.1. The number of aromatic nitrogens is 1. The van der Waals surface area contributed by atoms with E-state index in [2.05, 4.69) is 15.6 Å². The summed E-state index contributed by atoms with van der Waals surface area (Å²) >= 11 is 0. The number of imide groups is 1. The number of ether oxygens (including phenoxy) is 1. The highest BCUT2D eigenvalue weighted by Gasteiger charge is 2.38. The van der Waals surface area contributed by atoms with Gasteiger partial charge in [-0.1, -0.05) is 26.0 Å². The van der Waals surface area contributed by atoms with Crippen molar-refractivity contribution in [1.82, 2.24) is 20.7 Å². The molecule has 2 aromatic rings. The van der Waals surface area contributed by atoms with Gasteiger partial charge in [0.1, 0.15) is 11.7 Å². The predicted octanol–water partition coefficient (Wildman–Crippen LogP) is 0.987. The number of amides is 4. The minimum absolute atomic E-state index is 0.00526. The summed E-state index contributed by atoms with van der Waals surface area (Å²) in [4.78, 5) is 81.6. The number of carbonyl (C=O) groups is 6. The lowest BCUT2D eigenvalue weighted by molar-refractivity contribution is -0.172. The Balaban J connectivity index is 1.43. The summed E-state index contributed by atoms with van der Waals surface area (Å²) in [6, 6.07) is 4.68. The summed E-state index contributed by atoms with van der Waals surface area (Å²) in [5, 5.41) is 6.72. The molecule has 4 rings (SSSR count). The third-order valence-corrected chi connectivity index (χ3v) is 7.04. The summed E-state index contributed by atoms with van der Waals surface area (Å²) in [5.41, 5.74) is 7.35. The first-order chi connectivity index (χ1) is 19.0. The third kappa shape index (κ3) is 6.30. The number of benzene rings is 1. The van der Waals surface area contributed by atoms with Crippen molar-refractivity contribution >= 4 is 46.5 Å². The summed E-state index contributed by atoms with van der Waals surface area (Å²) < 4.78 is 4.85. The number of rotatable bonds is 10. The van der Waals surface area contributed by atoms with Gasteiger partial charge in [0.25, 0.3) is 11.8 Å². The van der Waals surface area contributed by atoms with Gasteiger partial charge in [0.15, 0.2) is 0 Å². The molecule has 2 aliphatic rings. The molecule has 0 spiro atoms. The molecule has 2 saturated heterocycles. The van der Waals surface area contributed by atoms with Crippen LogP contribution >= 0.6 is 0 Å². The zero-order valence-electron chi connectivity index (χ0n) is 22.5. The second-order valence-corrected chi connectivity index (χ2v) is 10.5. The van der Waals surface area contributed by atoms with Crippen LogP contribution in [-0.4, -0.2) is 64.8 Å². The maximum atomic E-state index is 12.8. The Morgan fingerprint density at radius 1 is 1.12 bits per heavy atom. The molecule has 40 heavy (non-hydrogen) atoms. The van der Waals surface area contributed by atoms with Crippen LogP contribution in [-0.2, 0) is 33.5 Å². The normalized spacial score (nSPS) is 20.5. The van der Waals surface area contributed by atoms with Gasteiger partial charge in [-0.3, -0.25) is 19.2 Å². The van der Waals surface area contributed by atoms with Crippen molar-refractivity contribution in [1.29, 1.82) is 0 Å². The molecule has 1 aromatic carbocycles. The molecule has 13 heteroatoms. The van der Waals surface area contributed by atoms with E-state index < -0.39 is 47.7 Å². The molecule has 1 unspecified atom stereocenters. The number of hydroxylamine groups is 2. The Hall–Kier alpha value is -4.26. The van der Waals surface area contributed by atoms with E-state index in [-0.39, 0.29) is 42.8 Å². The number of nitrogens with two attached hydrogens (primary N) is 1. The minimum Gasteiger partial charge on any atom is -0.467 e. The average molecular weight is 556 g/mol. The van der Waals surface area contributed by atoms with Crippen LogP contribution in [0, 0.1) is 11.8 Å². The first kappa shape index (κ1) is 28.7. The van der Waals surface area contributed by atoms with Gasteiger partial charge in [-0.15, -0.1) is 5.06 Å². The van der Waals surface area contributed by atoms with Gasteiger partial charge in [-0.05, 0) is 42.9 Å². The molecule has 13 nitrogen and oxygen atoms in total. The fraction of sp³-hybridized carbons (Fsp3) is 0.481. The van der Waals surface area contributed by atoms with Crippen LogP contribution in [0.2, 0.25) is 0 Å². The van der Waals surface area contributed by atoms with Crippen LogP contribution in [0.3, 0.4) is 0 Å². The van der Waals surface area contributed by atoms with E-state index in [0.29, 0.717) is 28.8 Å². The Labute approximate surface area is 230 Å². The molecule has 0 aliphatic carbocycles. The van der Waals surface area contributed by atoms with Gasteiger partial charge in [0.05, 0.1) is 19.2 Å². The fourth-order valence-electron chi connectivity index (χ4n) is 4.96. The van der Waals surface area contributed by atoms with Crippen molar-refractivity contribution < 1.29 is 38.3 Å². The Morgan fingerprint density at radius 2 is 1.82 bits per heavy atom. The van der Waals surface area contributed by atoms with E-state index in [1.54, 1.807) is 18.2 Å². The molecule has 2 aliphatic heterocycles. The van der Waals surface area contributed by atoms with Crippen molar-refractivity contribution in [2.75, 3.05) is 7.11 Å². The monoisotopic (exact) mass is 555 g/mol. The Morgan fingerprint density at radius 3 is 2.48 bits per heavy atom. The molecule has 2 fully saturated rings. The number of hydrogen-bond donors (Lipinski definition) is 4. The van der Waals surface area contributed by atoms with E-state index in [0.717, 1.165) is 5.56 Å². The van der Waals surface area contributed by atoms with Gasteiger partial charge in [-0.2, -0.15) is 0 Å². The maximum Gasteiger partial charge on any atom is 0.379 e. The smallest absolute Gasteiger partial charge is 0.379 e. The zero-order chi connectivity index (χ0) is 29.1. The highest BCUT2D eigenvalue weighted by Crippen LogP contribution is 2.32. The SMILES string of the molecule is COC(=O)[C@H](C[C@@H]1CC(c2ccc3cc(C(=O)ON4C(=O)CCC4=O)[nH]c3c2)NC1=O)NC(=O)[C@H](N)CC(C)C. The summed E-state index contributed by atoms with van der Waals surface area (Å²) in [7, 11) is 1.21. The van der Waals surface area contributed by atoms with Gasteiger partial charge >= 0.3 is 11.9 Å². The van der Waals surface area contributed by atoms with Gasteiger partial charge in [0.2, 0.25) is 11.8 Å². The number of H-pyrrole nitrogens is 1. The van der Waals surface area contributed by atoms with E-state index in [4.69, 9.17) is 15.3 Å². The molecule has 3 heterocycles. The highest BCUT2D eigenvalue weighted by molar-refractivity contribution is 6.03. The highest BCUT2D eigenvalue weighted by atomic mass is 16.7. The average Bonchev–Trinajstić information content (AvgIpc) is 3.59. The topological polar surface area (TPSA) is 190 Å². The largest absolute Gasteiger partial charge is 0.467 e. The summed E-state index contributed by atoms with van der Waals surface area (Å²) in [5.74, 6) is -3.82. The van der Waals surface area contributed by atoms with Crippen molar-refractivity contribution in [3.05, 3.63) is 35.5 Å². The van der Waals surface area contributed by atoms with Crippen LogP contribution in [0.4, 0.5) is 0 Å². The molecule has 4 atom stereocenters. The molecule has 0 saturated carbocycles. The molecule has 0 bridgehead atoms. The standard InChI is InChI=1S/C27H33N5O8/c1-13(2)8-17(28)25(36)31-20(26(37)39-3)12-16-11-19(30-24(16)35)14-4-5-15-10-21(29-18(15)9-14)27(38)40-32-22(33)6-7-23(32)34/h4-5,9-10,13,16-17,19-20,29H,6-8,11-12,28H2,1-3H3,(H,30,35)(H,31,36)/t16-,17+,19?,20-/m0/s1. The van der Waals surface area contributed by atoms with Gasteiger partial charge in [-0.25, -0.2) is 9.59 Å². The van der Waals surface area contributed by atoms with Gasteiger partial charge < -0.3 is 30.9 Å². The molecule has 4 amide bonds. The number of nitrogens with zero attached hydrogens (tertiary/aromatic N) is 1. The van der Waals surface area contributed by atoms with Crippen LogP contribution in [0.5, 0.6) is 0 Å². The van der Waals surface area contributed by atoms with Crippen LogP contribution < -0.4 is 16.4 Å². The Bertz CT molecular complexity index is 1340. The quantitative estimate of drug-likeness (QED) is 0.245. The number of carbonyl (C=O) groups excluding carboxylic acids is 6. The van der Waals surface area contributed by atoms with Crippen molar-refractivity contribution in [3.8, 4) is 0 Å². The van der Waals surface area contributed by atoms with Crippen molar-refractivity contribution in [3.63, 3.8) is 0 Å². The zero-order valence-corrected chi connectivity index (χ0v) is 22.5. The predicted molar refractivity (Wildman–Crippen MR) is 140 cm³/mol. The molecule has 5 N–H and O–H groups in total. The molecule has 214 valence electrons. The van der Waals surface area contributed by atoms with E-state index >= 15 is 0 Å². The number of hydrogen-bond acceptors (Lipinski definition) is 9. The second kappa shape index (κ2) is 11.9. The van der Waals surface area contributed by atoms with E-state index in [1.165, 1.54) is 13.2 Å². The lowest BCUT2D eigenvalue weighted by Crippen LogP contribution is -2.50. The number of methoxy groups -OCH3 is 1. The molecule has 0 radical (unpaired) electrons. The number of nitrogens with one attached hydrogen (secondary N) is 3. The lowest BCUT2D eigenvalue weighted by Gasteiger charge is -2.21. The maximum absolute atomic E-state index is 12.8. The minimum atomic E-state index is -1.03. The Kier molecular flexibility index (Phi) is 8.52. The summed E-state index contributed by atoms with van der Waals surface area (Å²) in [6.45, 7) is 3.87.